The molecule has 0 spiro atoms. The van der Waals surface area contributed by atoms with Gasteiger partial charge in [-0.15, -0.1) is 6.58 Å². The van der Waals surface area contributed by atoms with Gasteiger partial charge in [0.1, 0.15) is 6.54 Å². The van der Waals surface area contributed by atoms with Crippen LogP contribution in [0.15, 0.2) is 12.7 Å². The highest BCUT2D eigenvalue weighted by atomic mass is 16.4. The monoisotopic (exact) mass is 242 g/mol. The van der Waals surface area contributed by atoms with Crippen LogP contribution in [-0.4, -0.2) is 52.6 Å². The predicted octanol–water partition coefficient (Wildman–Crippen LogP) is 1.80. The fraction of sp³-hybridized carbons (Fsp3) is 0.667. The van der Waals surface area contributed by atoms with Crippen molar-refractivity contribution >= 4 is 12.0 Å². The van der Waals surface area contributed by atoms with Crippen molar-refractivity contribution in [3.63, 3.8) is 0 Å². The zero-order valence-corrected chi connectivity index (χ0v) is 10.8. The molecule has 5 heteroatoms. The fourth-order valence-electron chi connectivity index (χ4n) is 1.49. The lowest BCUT2D eigenvalue weighted by Crippen LogP contribution is -2.48. The van der Waals surface area contributed by atoms with E-state index in [1.165, 1.54) is 4.90 Å². The van der Waals surface area contributed by atoms with Crippen LogP contribution in [0.2, 0.25) is 0 Å². The summed E-state index contributed by atoms with van der Waals surface area (Å²) in [4.78, 5) is 25.8. The van der Waals surface area contributed by atoms with Crippen LogP contribution in [0.25, 0.3) is 0 Å². The van der Waals surface area contributed by atoms with E-state index in [4.69, 9.17) is 5.11 Å². The molecule has 0 rings (SSSR count). The topological polar surface area (TPSA) is 60.9 Å². The maximum Gasteiger partial charge on any atom is 0.323 e. The van der Waals surface area contributed by atoms with Gasteiger partial charge < -0.3 is 14.9 Å². The van der Waals surface area contributed by atoms with Gasteiger partial charge in [-0.25, -0.2) is 4.79 Å². The molecule has 0 unspecified atom stereocenters. The first kappa shape index (κ1) is 15.5. The van der Waals surface area contributed by atoms with Gasteiger partial charge in [-0.3, -0.25) is 4.79 Å². The lowest BCUT2D eigenvalue weighted by molar-refractivity contribution is -0.138. The van der Waals surface area contributed by atoms with Gasteiger partial charge in [0.2, 0.25) is 0 Å². The van der Waals surface area contributed by atoms with E-state index in [9.17, 15) is 9.59 Å². The van der Waals surface area contributed by atoms with Gasteiger partial charge in [0.15, 0.2) is 0 Å². The molecule has 0 heterocycles. The van der Waals surface area contributed by atoms with Crippen molar-refractivity contribution in [2.24, 2.45) is 0 Å². The molecule has 0 aliphatic carbocycles. The number of carboxylic acids is 1. The SMILES string of the molecule is C=CCN(CCC)C(=O)N(CC(=O)O)C(C)C. The highest BCUT2D eigenvalue weighted by molar-refractivity contribution is 5.80. The van der Waals surface area contributed by atoms with Crippen molar-refractivity contribution < 1.29 is 14.7 Å². The van der Waals surface area contributed by atoms with Crippen LogP contribution in [0.1, 0.15) is 27.2 Å². The third-order valence-electron chi connectivity index (χ3n) is 2.29. The van der Waals surface area contributed by atoms with Crippen molar-refractivity contribution in [1.82, 2.24) is 9.80 Å². The first-order valence-electron chi connectivity index (χ1n) is 5.82. The fourth-order valence-corrected chi connectivity index (χ4v) is 1.49. The van der Waals surface area contributed by atoms with E-state index in [2.05, 4.69) is 6.58 Å². The Balaban J connectivity index is 4.75. The summed E-state index contributed by atoms with van der Waals surface area (Å²) in [5.74, 6) is -0.998. The summed E-state index contributed by atoms with van der Waals surface area (Å²) in [5, 5.41) is 8.79. The van der Waals surface area contributed by atoms with Crippen LogP contribution < -0.4 is 0 Å². The average Bonchev–Trinajstić information content (AvgIpc) is 2.24. The largest absolute Gasteiger partial charge is 0.480 e. The molecule has 0 fully saturated rings. The Labute approximate surface area is 103 Å². The molecule has 0 aromatic carbocycles. The Morgan fingerprint density at radius 2 is 2.00 bits per heavy atom. The molecule has 0 aromatic rings. The summed E-state index contributed by atoms with van der Waals surface area (Å²) in [7, 11) is 0. The van der Waals surface area contributed by atoms with Gasteiger partial charge in [-0.05, 0) is 20.3 Å². The van der Waals surface area contributed by atoms with E-state index in [0.29, 0.717) is 13.1 Å². The Hall–Kier alpha value is -1.52. The Morgan fingerprint density at radius 3 is 2.35 bits per heavy atom. The summed E-state index contributed by atoms with van der Waals surface area (Å²) in [6, 6.07) is -0.382. The normalized spacial score (nSPS) is 10.1. The number of carbonyl (C=O) groups excluding carboxylic acids is 1. The Bertz CT molecular complexity index is 277. The number of urea groups is 1. The molecule has 0 aromatic heterocycles. The van der Waals surface area contributed by atoms with Crippen molar-refractivity contribution in [3.8, 4) is 0 Å². The number of nitrogens with zero attached hydrogens (tertiary/aromatic N) is 2. The van der Waals surface area contributed by atoms with Crippen LogP contribution >= 0.6 is 0 Å². The van der Waals surface area contributed by atoms with Gasteiger partial charge in [0.25, 0.3) is 0 Å². The highest BCUT2D eigenvalue weighted by Gasteiger charge is 2.23. The molecule has 0 aliphatic rings. The van der Waals surface area contributed by atoms with Crippen molar-refractivity contribution in [3.05, 3.63) is 12.7 Å². The second kappa shape index (κ2) is 7.70. The van der Waals surface area contributed by atoms with Gasteiger partial charge in [-0.2, -0.15) is 0 Å². The summed E-state index contributed by atoms with van der Waals surface area (Å²) in [6.07, 6.45) is 2.48. The second-order valence-electron chi connectivity index (χ2n) is 4.13. The van der Waals surface area contributed by atoms with Crippen molar-refractivity contribution in [1.29, 1.82) is 0 Å². The molecule has 0 saturated carbocycles. The molecule has 17 heavy (non-hydrogen) atoms. The summed E-state index contributed by atoms with van der Waals surface area (Å²) < 4.78 is 0. The molecule has 5 nitrogen and oxygen atoms in total. The Morgan fingerprint density at radius 1 is 1.41 bits per heavy atom. The number of carboxylic acid groups (broad SMARTS) is 1. The van der Waals surface area contributed by atoms with Crippen LogP contribution in [-0.2, 0) is 4.79 Å². The summed E-state index contributed by atoms with van der Waals surface area (Å²) >= 11 is 0. The van der Waals surface area contributed by atoms with E-state index >= 15 is 0 Å². The minimum absolute atomic E-state index is 0.136. The summed E-state index contributed by atoms with van der Waals surface area (Å²) in [5.41, 5.74) is 0. The lowest BCUT2D eigenvalue weighted by Gasteiger charge is -2.31. The van der Waals surface area contributed by atoms with E-state index in [0.717, 1.165) is 6.42 Å². The zero-order valence-electron chi connectivity index (χ0n) is 10.8. The van der Waals surface area contributed by atoms with E-state index in [1.54, 1.807) is 24.8 Å². The van der Waals surface area contributed by atoms with Crippen LogP contribution in [0.5, 0.6) is 0 Å². The van der Waals surface area contributed by atoms with E-state index in [-0.39, 0.29) is 18.6 Å². The van der Waals surface area contributed by atoms with Crippen molar-refractivity contribution in [2.45, 2.75) is 33.2 Å². The minimum Gasteiger partial charge on any atom is -0.480 e. The number of aliphatic carboxylic acids is 1. The molecule has 1 N–H and O–H groups in total. The van der Waals surface area contributed by atoms with Gasteiger partial charge in [0, 0.05) is 19.1 Å². The number of rotatable bonds is 7. The predicted molar refractivity (Wildman–Crippen MR) is 66.9 cm³/mol. The third-order valence-corrected chi connectivity index (χ3v) is 2.29. The number of hydrogen-bond acceptors (Lipinski definition) is 2. The summed E-state index contributed by atoms with van der Waals surface area (Å²) in [6.45, 7) is 9.96. The van der Waals surface area contributed by atoms with Gasteiger partial charge in [-0.1, -0.05) is 13.0 Å². The maximum atomic E-state index is 12.1. The van der Waals surface area contributed by atoms with Crippen LogP contribution in [0.4, 0.5) is 4.79 Å². The van der Waals surface area contributed by atoms with Crippen LogP contribution in [0.3, 0.4) is 0 Å². The second-order valence-corrected chi connectivity index (χ2v) is 4.13. The highest BCUT2D eigenvalue weighted by Crippen LogP contribution is 2.05. The zero-order chi connectivity index (χ0) is 13.4. The molecule has 0 saturated heterocycles. The smallest absolute Gasteiger partial charge is 0.323 e. The van der Waals surface area contributed by atoms with Crippen LogP contribution in [0, 0.1) is 0 Å². The molecule has 2 amide bonds. The number of amides is 2. The van der Waals surface area contributed by atoms with Gasteiger partial charge >= 0.3 is 12.0 Å². The molecule has 0 atom stereocenters. The number of carbonyl (C=O) groups is 2. The quantitative estimate of drug-likeness (QED) is 0.692. The first-order chi connectivity index (χ1) is 7.93. The minimum atomic E-state index is -0.998. The molecular formula is C12H22N2O3. The average molecular weight is 242 g/mol. The van der Waals surface area contributed by atoms with E-state index in [1.807, 2.05) is 6.92 Å². The molecule has 0 aliphatic heterocycles. The molecular weight excluding hydrogens is 220 g/mol. The van der Waals surface area contributed by atoms with Gasteiger partial charge in [0.05, 0.1) is 0 Å². The first-order valence-corrected chi connectivity index (χ1v) is 5.82. The third kappa shape index (κ3) is 5.38. The Kier molecular flexibility index (Phi) is 7.02. The maximum absolute atomic E-state index is 12.1. The van der Waals surface area contributed by atoms with E-state index < -0.39 is 5.97 Å². The molecule has 0 bridgehead atoms. The lowest BCUT2D eigenvalue weighted by atomic mass is 10.3. The number of hydrogen-bond donors (Lipinski definition) is 1. The molecule has 0 radical (unpaired) electrons. The standard InChI is InChI=1S/C12H22N2O3/c1-5-7-13(8-6-2)12(17)14(10(3)4)9-11(15)16/h5,10H,1,6-9H2,2-4H3,(H,15,16). The molecule has 98 valence electrons. The van der Waals surface area contributed by atoms with Crippen molar-refractivity contribution in [2.75, 3.05) is 19.6 Å².